The van der Waals surface area contributed by atoms with Gasteiger partial charge in [-0.15, -0.1) is 0 Å². The third kappa shape index (κ3) is 3.98. The van der Waals surface area contributed by atoms with Crippen LogP contribution in [0.2, 0.25) is 0 Å². The lowest BCUT2D eigenvalue weighted by Crippen LogP contribution is -2.34. The molecule has 0 radical (unpaired) electrons. The first-order valence-electron chi connectivity index (χ1n) is 10.2. The predicted molar refractivity (Wildman–Crippen MR) is 108 cm³/mol. The van der Waals surface area contributed by atoms with E-state index in [1.54, 1.807) is 0 Å². The average Bonchev–Trinajstić information content (AvgIpc) is 2.68. The minimum atomic E-state index is -0.457. The summed E-state index contributed by atoms with van der Waals surface area (Å²) in [6, 6.07) is 7.66. The number of hydrogen-bond acceptors (Lipinski definition) is 5. The maximum atomic E-state index is 13.0. The van der Waals surface area contributed by atoms with Gasteiger partial charge in [0.15, 0.2) is 5.78 Å². The molecule has 0 saturated carbocycles. The summed E-state index contributed by atoms with van der Waals surface area (Å²) < 4.78 is 11.4. The summed E-state index contributed by atoms with van der Waals surface area (Å²) in [5.74, 6) is -0.0224. The van der Waals surface area contributed by atoms with Crippen molar-refractivity contribution in [1.82, 2.24) is 5.32 Å². The molecule has 1 atom stereocenters. The van der Waals surface area contributed by atoms with Crippen molar-refractivity contribution in [3.63, 3.8) is 0 Å². The van der Waals surface area contributed by atoms with Gasteiger partial charge in [0.1, 0.15) is 5.75 Å². The van der Waals surface area contributed by atoms with E-state index in [0.29, 0.717) is 36.5 Å². The number of Topliss-reactive ketones (excluding diaryl/α,β-unsaturated/α-hetero) is 1. The minimum absolute atomic E-state index is 0.0939. The van der Waals surface area contributed by atoms with E-state index in [0.717, 1.165) is 42.6 Å². The van der Waals surface area contributed by atoms with Crippen LogP contribution in [-0.2, 0) is 14.3 Å². The van der Waals surface area contributed by atoms with Gasteiger partial charge in [-0.25, -0.2) is 4.79 Å². The highest BCUT2D eigenvalue weighted by atomic mass is 16.5. The second kappa shape index (κ2) is 9.09. The lowest BCUT2D eigenvalue weighted by Gasteiger charge is -2.34. The summed E-state index contributed by atoms with van der Waals surface area (Å²) >= 11 is 0. The van der Waals surface area contributed by atoms with E-state index in [-0.39, 0.29) is 11.8 Å². The number of para-hydroxylation sites is 1. The lowest BCUT2D eigenvalue weighted by atomic mass is 9.75. The Morgan fingerprint density at radius 2 is 2.00 bits per heavy atom. The van der Waals surface area contributed by atoms with Crippen LogP contribution in [0.4, 0.5) is 0 Å². The van der Waals surface area contributed by atoms with Crippen molar-refractivity contribution in [1.29, 1.82) is 0 Å². The van der Waals surface area contributed by atoms with Gasteiger partial charge in [-0.1, -0.05) is 31.5 Å². The molecule has 2 aliphatic rings. The van der Waals surface area contributed by atoms with Gasteiger partial charge in [0.25, 0.3) is 0 Å². The van der Waals surface area contributed by atoms with Crippen LogP contribution >= 0.6 is 0 Å². The van der Waals surface area contributed by atoms with Crippen LogP contribution in [0.3, 0.4) is 0 Å². The predicted octanol–water partition coefficient (Wildman–Crippen LogP) is 4.40. The van der Waals surface area contributed by atoms with Gasteiger partial charge in [-0.3, -0.25) is 4.79 Å². The Morgan fingerprint density at radius 1 is 1.21 bits per heavy atom. The van der Waals surface area contributed by atoms with E-state index in [1.165, 1.54) is 0 Å². The van der Waals surface area contributed by atoms with Gasteiger partial charge in [-0.05, 0) is 39.2 Å². The van der Waals surface area contributed by atoms with E-state index < -0.39 is 5.92 Å². The number of nitrogens with one attached hydrogen (secondary N) is 1. The highest BCUT2D eigenvalue weighted by molar-refractivity contribution is 6.04. The average molecular weight is 383 g/mol. The molecule has 1 aliphatic heterocycles. The molecule has 28 heavy (non-hydrogen) atoms. The summed E-state index contributed by atoms with van der Waals surface area (Å²) in [6.45, 7) is 6.76. The molecule has 5 nitrogen and oxygen atoms in total. The first-order chi connectivity index (χ1) is 13.6. The van der Waals surface area contributed by atoms with E-state index in [2.05, 4.69) is 12.2 Å². The quantitative estimate of drug-likeness (QED) is 0.559. The third-order valence-corrected chi connectivity index (χ3v) is 5.26. The Kier molecular flexibility index (Phi) is 6.55. The summed E-state index contributed by atoms with van der Waals surface area (Å²) in [5, 5.41) is 3.32. The molecule has 1 N–H and O–H groups in total. The van der Waals surface area contributed by atoms with Crippen LogP contribution in [0.1, 0.15) is 64.4 Å². The van der Waals surface area contributed by atoms with Crippen LogP contribution in [0.15, 0.2) is 46.8 Å². The van der Waals surface area contributed by atoms with E-state index in [4.69, 9.17) is 9.47 Å². The molecule has 1 aliphatic carbocycles. The molecule has 0 amide bonds. The largest absolute Gasteiger partial charge is 0.494 e. The van der Waals surface area contributed by atoms with Gasteiger partial charge in [0.2, 0.25) is 0 Å². The Hall–Kier alpha value is -2.56. The number of unbranched alkanes of at least 4 members (excludes halogenated alkanes) is 1. The van der Waals surface area contributed by atoms with Gasteiger partial charge >= 0.3 is 5.97 Å². The number of hydrogen-bond donors (Lipinski definition) is 1. The molecule has 1 aromatic rings. The second-order valence-electron chi connectivity index (χ2n) is 7.23. The number of esters is 1. The maximum Gasteiger partial charge on any atom is 0.336 e. The summed E-state index contributed by atoms with van der Waals surface area (Å²) in [5.41, 5.74) is 3.72. The Bertz CT molecular complexity index is 822. The van der Waals surface area contributed by atoms with Gasteiger partial charge in [0, 0.05) is 29.0 Å². The van der Waals surface area contributed by atoms with Crippen molar-refractivity contribution >= 4 is 11.8 Å². The number of carbonyl (C=O) groups excluding carboxylic acids is 2. The van der Waals surface area contributed by atoms with Crippen molar-refractivity contribution < 1.29 is 19.1 Å². The molecule has 0 bridgehead atoms. The van der Waals surface area contributed by atoms with E-state index >= 15 is 0 Å². The molecule has 0 fully saturated rings. The van der Waals surface area contributed by atoms with Crippen molar-refractivity contribution in [3.8, 4) is 5.75 Å². The van der Waals surface area contributed by atoms with Crippen LogP contribution in [-0.4, -0.2) is 25.0 Å². The normalized spacial score (nSPS) is 19.2. The lowest BCUT2D eigenvalue weighted by molar-refractivity contribution is -0.139. The zero-order valence-electron chi connectivity index (χ0n) is 17.0. The van der Waals surface area contributed by atoms with Gasteiger partial charge in [-0.2, -0.15) is 0 Å². The molecule has 1 aromatic carbocycles. The second-order valence-corrected chi connectivity index (χ2v) is 7.23. The molecule has 150 valence electrons. The van der Waals surface area contributed by atoms with E-state index in [9.17, 15) is 9.59 Å². The fourth-order valence-electron chi connectivity index (χ4n) is 3.96. The van der Waals surface area contributed by atoms with Crippen molar-refractivity contribution in [3.05, 3.63) is 52.4 Å². The smallest absolute Gasteiger partial charge is 0.336 e. The number of allylic oxidation sites excluding steroid dienone is 3. The monoisotopic (exact) mass is 383 g/mol. The number of rotatable bonds is 7. The first-order valence-corrected chi connectivity index (χ1v) is 10.2. The summed E-state index contributed by atoms with van der Waals surface area (Å²) in [7, 11) is 0. The van der Waals surface area contributed by atoms with Gasteiger partial charge in [0.05, 0.1) is 24.7 Å². The summed E-state index contributed by atoms with van der Waals surface area (Å²) in [4.78, 5) is 25.9. The number of carbonyl (C=O) groups is 2. The number of benzene rings is 1. The highest BCUT2D eigenvalue weighted by Gasteiger charge is 2.40. The molecule has 1 heterocycles. The number of dihydropyridines is 1. The van der Waals surface area contributed by atoms with E-state index in [1.807, 2.05) is 38.1 Å². The molecule has 0 aromatic heterocycles. The van der Waals surface area contributed by atoms with Crippen LogP contribution < -0.4 is 10.1 Å². The fourth-order valence-corrected chi connectivity index (χ4v) is 3.96. The standard InChI is InChI=1S/C23H29NO4/c1-4-6-14-28-23(26)20-15(3)24-17-11-9-12-18(25)22(17)21(20)16-10-7-8-13-19(16)27-5-2/h7-8,10,13,21,24H,4-6,9,11-12,14H2,1-3H3/t21-/m0/s1. The number of ketones is 1. The topological polar surface area (TPSA) is 64.6 Å². The molecule has 0 unspecified atom stereocenters. The highest BCUT2D eigenvalue weighted by Crippen LogP contribution is 2.45. The fraction of sp³-hybridized carbons (Fsp3) is 0.478. The van der Waals surface area contributed by atoms with Crippen LogP contribution in [0.5, 0.6) is 5.75 Å². The molecule has 5 heteroatoms. The maximum absolute atomic E-state index is 13.0. The Labute approximate surface area is 166 Å². The molecular weight excluding hydrogens is 354 g/mol. The van der Waals surface area contributed by atoms with Crippen molar-refractivity contribution in [2.45, 2.75) is 58.8 Å². The number of ether oxygens (including phenoxy) is 2. The SMILES string of the molecule is CCCCOC(=O)C1=C(C)NC2=C(C(=O)CCC2)[C@H]1c1ccccc1OCC. The van der Waals surface area contributed by atoms with Crippen LogP contribution in [0, 0.1) is 0 Å². The Balaban J connectivity index is 2.10. The van der Waals surface area contributed by atoms with Crippen molar-refractivity contribution in [2.24, 2.45) is 0 Å². The van der Waals surface area contributed by atoms with Crippen LogP contribution in [0.25, 0.3) is 0 Å². The minimum Gasteiger partial charge on any atom is -0.494 e. The third-order valence-electron chi connectivity index (χ3n) is 5.26. The zero-order valence-corrected chi connectivity index (χ0v) is 17.0. The zero-order chi connectivity index (χ0) is 20.1. The summed E-state index contributed by atoms with van der Waals surface area (Å²) in [6.07, 6.45) is 3.91. The molecular formula is C23H29NO4. The van der Waals surface area contributed by atoms with Gasteiger partial charge < -0.3 is 14.8 Å². The first kappa shape index (κ1) is 20.2. The molecule has 0 saturated heterocycles. The Morgan fingerprint density at radius 3 is 2.75 bits per heavy atom. The van der Waals surface area contributed by atoms with Crippen molar-refractivity contribution in [2.75, 3.05) is 13.2 Å². The molecule has 3 rings (SSSR count). The molecule has 0 spiro atoms.